The molecule has 0 saturated carbocycles. The Bertz CT molecular complexity index is 739. The third-order valence-electron chi connectivity index (χ3n) is 4.28. The summed E-state index contributed by atoms with van der Waals surface area (Å²) in [7, 11) is 0. The maximum atomic E-state index is 11.3. The van der Waals surface area contributed by atoms with Crippen LogP contribution in [0.1, 0.15) is 16.7 Å². The van der Waals surface area contributed by atoms with E-state index in [0.29, 0.717) is 5.75 Å². The lowest BCUT2D eigenvalue weighted by molar-refractivity contribution is -0.135. The first-order valence-corrected chi connectivity index (χ1v) is 9.86. The van der Waals surface area contributed by atoms with Gasteiger partial charge in [-0.15, -0.1) is 11.8 Å². The predicted molar refractivity (Wildman–Crippen MR) is 112 cm³/mol. The molecule has 132 valence electrons. The summed E-state index contributed by atoms with van der Waals surface area (Å²) in [6.07, 6.45) is 0. The van der Waals surface area contributed by atoms with E-state index >= 15 is 0 Å². The molecular weight excluding hydrogens is 360 g/mol. The fourth-order valence-corrected chi connectivity index (χ4v) is 4.73. The number of thioether (sulfide) groups is 1. The van der Waals surface area contributed by atoms with Gasteiger partial charge in [0.1, 0.15) is 5.25 Å². The van der Waals surface area contributed by atoms with Gasteiger partial charge in [0.2, 0.25) is 0 Å². The van der Waals surface area contributed by atoms with Crippen molar-refractivity contribution in [3.8, 4) is 0 Å². The van der Waals surface area contributed by atoms with Gasteiger partial charge in [0, 0.05) is 5.75 Å². The molecule has 0 spiro atoms. The van der Waals surface area contributed by atoms with Gasteiger partial charge in [-0.2, -0.15) is 12.6 Å². The highest BCUT2D eigenvalue weighted by molar-refractivity contribution is 8.01. The maximum absolute atomic E-state index is 11.3. The van der Waals surface area contributed by atoms with Crippen LogP contribution in [0, 0.1) is 0 Å². The van der Waals surface area contributed by atoms with Gasteiger partial charge >= 0.3 is 5.97 Å². The molecule has 0 fully saturated rings. The summed E-state index contributed by atoms with van der Waals surface area (Å²) in [4.78, 5) is 11.3. The van der Waals surface area contributed by atoms with E-state index in [2.05, 4.69) is 49.0 Å². The van der Waals surface area contributed by atoms with Crippen molar-refractivity contribution >= 4 is 30.4 Å². The van der Waals surface area contributed by atoms with Gasteiger partial charge < -0.3 is 5.11 Å². The van der Waals surface area contributed by atoms with Crippen molar-refractivity contribution < 1.29 is 9.90 Å². The van der Waals surface area contributed by atoms with Gasteiger partial charge in [-0.1, -0.05) is 91.0 Å². The normalized spacial score (nSPS) is 12.5. The molecule has 0 bridgehead atoms. The molecule has 1 unspecified atom stereocenters. The van der Waals surface area contributed by atoms with Crippen molar-refractivity contribution in [3.05, 3.63) is 108 Å². The fourth-order valence-electron chi connectivity index (χ4n) is 3.04. The molecule has 3 rings (SSSR count). The molecule has 1 N–H and O–H groups in total. The maximum Gasteiger partial charge on any atom is 0.317 e. The van der Waals surface area contributed by atoms with Crippen molar-refractivity contribution in [2.75, 3.05) is 5.75 Å². The molecule has 1 atom stereocenters. The number of aliphatic carboxylic acids is 1. The van der Waals surface area contributed by atoms with Crippen molar-refractivity contribution in [1.82, 2.24) is 0 Å². The summed E-state index contributed by atoms with van der Waals surface area (Å²) in [5, 5.41) is 8.57. The summed E-state index contributed by atoms with van der Waals surface area (Å²) < 4.78 is -0.500. The number of carboxylic acids is 1. The first-order valence-electron chi connectivity index (χ1n) is 8.36. The highest BCUT2D eigenvalue weighted by atomic mass is 32.2. The molecule has 0 aliphatic rings. The first-order chi connectivity index (χ1) is 12.6. The average molecular weight is 381 g/mol. The van der Waals surface area contributed by atoms with Gasteiger partial charge in [-0.25, -0.2) is 0 Å². The molecule has 0 saturated heterocycles. The summed E-state index contributed by atoms with van der Waals surface area (Å²) >= 11 is 5.86. The Hall–Kier alpha value is -2.17. The molecule has 3 aromatic carbocycles. The van der Waals surface area contributed by atoms with E-state index in [1.165, 1.54) is 0 Å². The lowest BCUT2D eigenvalue weighted by atomic mass is 9.84. The largest absolute Gasteiger partial charge is 0.480 e. The van der Waals surface area contributed by atoms with Crippen LogP contribution in [-0.4, -0.2) is 22.1 Å². The second-order valence-corrected chi connectivity index (χ2v) is 7.80. The van der Waals surface area contributed by atoms with Crippen LogP contribution in [-0.2, 0) is 9.54 Å². The average Bonchev–Trinajstić information content (AvgIpc) is 2.70. The molecule has 2 nitrogen and oxygen atoms in total. The highest BCUT2D eigenvalue weighted by Crippen LogP contribution is 2.48. The second-order valence-electron chi connectivity index (χ2n) is 5.94. The van der Waals surface area contributed by atoms with E-state index in [1.54, 1.807) is 11.8 Å². The van der Waals surface area contributed by atoms with Crippen LogP contribution in [0.3, 0.4) is 0 Å². The van der Waals surface area contributed by atoms with Gasteiger partial charge in [0.25, 0.3) is 0 Å². The zero-order chi connectivity index (χ0) is 18.4. The molecule has 0 aliphatic carbocycles. The molecular formula is C22H20O2S2. The summed E-state index contributed by atoms with van der Waals surface area (Å²) in [6.45, 7) is 0. The van der Waals surface area contributed by atoms with Gasteiger partial charge in [0.15, 0.2) is 0 Å². The number of rotatable bonds is 7. The highest BCUT2D eigenvalue weighted by Gasteiger charge is 2.37. The molecule has 0 aromatic heterocycles. The quantitative estimate of drug-likeness (QED) is 0.443. The van der Waals surface area contributed by atoms with Crippen LogP contribution in [0.5, 0.6) is 0 Å². The number of carbonyl (C=O) groups is 1. The van der Waals surface area contributed by atoms with Crippen LogP contribution < -0.4 is 0 Å². The van der Waals surface area contributed by atoms with Crippen molar-refractivity contribution in [1.29, 1.82) is 0 Å². The number of carboxylic acid groups (broad SMARTS) is 1. The standard InChI is InChI=1S/C22H20O2S2/c23-21(24)20(25)16-26-22(17-10-4-1-5-11-17,18-12-6-2-7-13-18)19-14-8-3-9-15-19/h1-15,20,25H,16H2,(H,23,24). The van der Waals surface area contributed by atoms with Crippen molar-refractivity contribution in [2.24, 2.45) is 0 Å². The van der Waals surface area contributed by atoms with Gasteiger partial charge in [-0.3, -0.25) is 4.79 Å². The summed E-state index contributed by atoms with van der Waals surface area (Å²) in [5.74, 6) is -0.513. The molecule has 4 heteroatoms. The molecule has 0 radical (unpaired) electrons. The number of thiol groups is 1. The first kappa shape index (κ1) is 18.6. The topological polar surface area (TPSA) is 37.3 Å². The Balaban J connectivity index is 2.19. The van der Waals surface area contributed by atoms with E-state index in [-0.39, 0.29) is 0 Å². The number of hydrogen-bond acceptors (Lipinski definition) is 3. The molecule has 0 heterocycles. The van der Waals surface area contributed by atoms with E-state index in [0.717, 1.165) is 16.7 Å². The molecule has 3 aromatic rings. The van der Waals surface area contributed by atoms with Crippen molar-refractivity contribution in [3.63, 3.8) is 0 Å². The van der Waals surface area contributed by atoms with Crippen LogP contribution in [0.15, 0.2) is 91.0 Å². The zero-order valence-electron chi connectivity index (χ0n) is 14.2. The van der Waals surface area contributed by atoms with E-state index in [4.69, 9.17) is 0 Å². The Labute approximate surface area is 163 Å². The Morgan fingerprint density at radius 2 is 1.15 bits per heavy atom. The monoisotopic (exact) mass is 380 g/mol. The summed E-state index contributed by atoms with van der Waals surface area (Å²) in [6, 6.07) is 30.7. The van der Waals surface area contributed by atoms with Crippen LogP contribution in [0.25, 0.3) is 0 Å². The van der Waals surface area contributed by atoms with Gasteiger partial charge in [0.05, 0.1) is 4.75 Å². The molecule has 0 aliphatic heterocycles. The van der Waals surface area contributed by atoms with Crippen LogP contribution >= 0.6 is 24.4 Å². The van der Waals surface area contributed by atoms with E-state index in [1.807, 2.05) is 54.6 Å². The third kappa shape index (κ3) is 3.81. The van der Waals surface area contributed by atoms with Crippen LogP contribution in [0.4, 0.5) is 0 Å². The summed E-state index contributed by atoms with van der Waals surface area (Å²) in [5.41, 5.74) is 3.36. The van der Waals surface area contributed by atoms with Crippen LogP contribution in [0.2, 0.25) is 0 Å². The third-order valence-corrected chi connectivity index (χ3v) is 6.57. The minimum Gasteiger partial charge on any atom is -0.480 e. The Morgan fingerprint density at radius 1 is 0.808 bits per heavy atom. The lowest BCUT2D eigenvalue weighted by Crippen LogP contribution is -2.28. The number of benzene rings is 3. The smallest absolute Gasteiger partial charge is 0.317 e. The predicted octanol–water partition coefficient (Wildman–Crippen LogP) is 5.09. The molecule has 26 heavy (non-hydrogen) atoms. The van der Waals surface area contributed by atoms with E-state index in [9.17, 15) is 9.90 Å². The zero-order valence-corrected chi connectivity index (χ0v) is 15.9. The van der Waals surface area contributed by atoms with Gasteiger partial charge in [-0.05, 0) is 16.7 Å². The fraction of sp³-hybridized carbons (Fsp3) is 0.136. The second kappa shape index (κ2) is 8.47. The minimum absolute atomic E-state index is 0.386. The van der Waals surface area contributed by atoms with Crippen molar-refractivity contribution in [2.45, 2.75) is 10.00 Å². The lowest BCUT2D eigenvalue weighted by Gasteiger charge is -2.36. The number of hydrogen-bond donors (Lipinski definition) is 2. The minimum atomic E-state index is -0.899. The van der Waals surface area contributed by atoms with E-state index < -0.39 is 16.0 Å². The SMILES string of the molecule is O=C(O)C(S)CSC(c1ccccc1)(c1ccccc1)c1ccccc1. The Kier molecular flexibility index (Phi) is 6.07. The Morgan fingerprint density at radius 3 is 1.46 bits per heavy atom. The molecule has 0 amide bonds.